The Hall–Kier alpha value is -2.37. The predicted octanol–water partition coefficient (Wildman–Crippen LogP) is 2.14. The molecule has 3 amide bonds. The molecule has 146 valence electrons. The van der Waals surface area contributed by atoms with Crippen LogP contribution in [0.2, 0.25) is 0 Å². The van der Waals surface area contributed by atoms with Crippen molar-refractivity contribution in [3.63, 3.8) is 0 Å². The molecule has 1 atom stereocenters. The van der Waals surface area contributed by atoms with Crippen molar-refractivity contribution in [1.82, 2.24) is 14.7 Å². The second kappa shape index (κ2) is 8.11. The highest BCUT2D eigenvalue weighted by atomic mass is 16.2. The van der Waals surface area contributed by atoms with E-state index in [-0.39, 0.29) is 11.9 Å². The van der Waals surface area contributed by atoms with Gasteiger partial charge < -0.3 is 14.7 Å². The molecule has 6 heteroatoms. The first-order valence-corrected chi connectivity index (χ1v) is 9.85. The summed E-state index contributed by atoms with van der Waals surface area (Å²) in [7, 11) is 0. The van der Waals surface area contributed by atoms with Crippen LogP contribution < -0.4 is 0 Å². The zero-order chi connectivity index (χ0) is 19.6. The highest BCUT2D eigenvalue weighted by Crippen LogP contribution is 2.19. The second-order valence-corrected chi connectivity index (χ2v) is 8.01. The fraction of sp³-hybridized carbons (Fsp3) is 0.571. The lowest BCUT2D eigenvalue weighted by atomic mass is 9.99. The Labute approximate surface area is 161 Å². The van der Waals surface area contributed by atoms with Crippen LogP contribution in [0.5, 0.6) is 0 Å². The van der Waals surface area contributed by atoms with Crippen LogP contribution >= 0.6 is 0 Å². The monoisotopic (exact) mass is 371 g/mol. The van der Waals surface area contributed by atoms with Crippen LogP contribution in [0.3, 0.4) is 0 Å². The molecule has 2 heterocycles. The minimum absolute atomic E-state index is 0.0337. The third-order valence-corrected chi connectivity index (χ3v) is 5.48. The van der Waals surface area contributed by atoms with Crippen LogP contribution in [0.1, 0.15) is 49.5 Å². The Morgan fingerprint density at radius 1 is 1.07 bits per heavy atom. The van der Waals surface area contributed by atoms with Crippen LogP contribution in [0.25, 0.3) is 0 Å². The minimum atomic E-state index is -0.447. The number of likely N-dealkylation sites (tertiary alicyclic amines) is 1. The van der Waals surface area contributed by atoms with Crippen molar-refractivity contribution >= 4 is 17.7 Å². The van der Waals surface area contributed by atoms with E-state index in [1.165, 1.54) is 6.42 Å². The van der Waals surface area contributed by atoms with Gasteiger partial charge in [-0.3, -0.25) is 14.4 Å². The van der Waals surface area contributed by atoms with Gasteiger partial charge in [0.1, 0.15) is 0 Å². The van der Waals surface area contributed by atoms with Gasteiger partial charge in [0.05, 0.1) is 0 Å². The molecule has 0 radical (unpaired) electrons. The molecule has 27 heavy (non-hydrogen) atoms. The number of rotatable bonds is 4. The van der Waals surface area contributed by atoms with E-state index < -0.39 is 11.8 Å². The van der Waals surface area contributed by atoms with E-state index in [1.807, 2.05) is 43.0 Å². The third-order valence-electron chi connectivity index (χ3n) is 5.48. The van der Waals surface area contributed by atoms with Crippen molar-refractivity contribution < 1.29 is 14.4 Å². The lowest BCUT2D eigenvalue weighted by Gasteiger charge is -2.36. The fourth-order valence-electron chi connectivity index (χ4n) is 3.86. The maximum Gasteiger partial charge on any atom is 0.312 e. The van der Waals surface area contributed by atoms with Gasteiger partial charge in [-0.25, -0.2) is 0 Å². The minimum Gasteiger partial charge on any atom is -0.338 e. The van der Waals surface area contributed by atoms with Gasteiger partial charge in [-0.1, -0.05) is 19.1 Å². The number of piperazine rings is 1. The molecular formula is C21H29N3O3. The molecule has 0 aromatic heterocycles. The molecule has 3 rings (SSSR count). The SMILES string of the molecule is CC1CCCN(C(=O)c2ccc(CN3CCN(C(C)C)C(=O)C3=O)cc2)C1. The number of amides is 3. The average molecular weight is 371 g/mol. The maximum atomic E-state index is 12.7. The summed E-state index contributed by atoms with van der Waals surface area (Å²) in [5, 5.41) is 0. The van der Waals surface area contributed by atoms with Crippen molar-refractivity contribution in [2.24, 2.45) is 5.92 Å². The maximum absolute atomic E-state index is 12.7. The zero-order valence-corrected chi connectivity index (χ0v) is 16.5. The van der Waals surface area contributed by atoms with Crippen LogP contribution in [-0.4, -0.2) is 64.6 Å². The Balaban J connectivity index is 1.62. The summed E-state index contributed by atoms with van der Waals surface area (Å²) in [4.78, 5) is 42.3. The molecule has 2 aliphatic rings. The van der Waals surface area contributed by atoms with E-state index in [4.69, 9.17) is 0 Å². The van der Waals surface area contributed by atoms with E-state index in [1.54, 1.807) is 9.80 Å². The second-order valence-electron chi connectivity index (χ2n) is 8.01. The van der Waals surface area contributed by atoms with Gasteiger partial charge in [-0.15, -0.1) is 0 Å². The quantitative estimate of drug-likeness (QED) is 0.762. The van der Waals surface area contributed by atoms with Crippen molar-refractivity contribution in [3.05, 3.63) is 35.4 Å². The summed E-state index contributed by atoms with van der Waals surface area (Å²) in [6.45, 7) is 9.14. The van der Waals surface area contributed by atoms with Crippen molar-refractivity contribution in [1.29, 1.82) is 0 Å². The van der Waals surface area contributed by atoms with Gasteiger partial charge in [0.15, 0.2) is 0 Å². The van der Waals surface area contributed by atoms with E-state index in [0.717, 1.165) is 25.1 Å². The van der Waals surface area contributed by atoms with Crippen LogP contribution in [-0.2, 0) is 16.1 Å². The molecule has 2 aliphatic heterocycles. The summed E-state index contributed by atoms with van der Waals surface area (Å²) >= 11 is 0. The molecule has 1 unspecified atom stereocenters. The smallest absolute Gasteiger partial charge is 0.312 e. The molecule has 0 aliphatic carbocycles. The topological polar surface area (TPSA) is 60.9 Å². The molecule has 0 saturated carbocycles. The van der Waals surface area contributed by atoms with Crippen LogP contribution in [0, 0.1) is 5.92 Å². The lowest BCUT2D eigenvalue weighted by Crippen LogP contribution is -2.55. The van der Waals surface area contributed by atoms with E-state index >= 15 is 0 Å². The molecule has 0 bridgehead atoms. The summed E-state index contributed by atoms with van der Waals surface area (Å²) in [5.74, 6) is -0.250. The van der Waals surface area contributed by atoms with E-state index in [9.17, 15) is 14.4 Å². The van der Waals surface area contributed by atoms with Gasteiger partial charge in [-0.05, 0) is 50.3 Å². The average Bonchev–Trinajstić information content (AvgIpc) is 2.65. The Morgan fingerprint density at radius 2 is 1.78 bits per heavy atom. The Morgan fingerprint density at radius 3 is 2.41 bits per heavy atom. The number of piperidine rings is 1. The van der Waals surface area contributed by atoms with E-state index in [0.29, 0.717) is 31.1 Å². The fourth-order valence-corrected chi connectivity index (χ4v) is 3.86. The van der Waals surface area contributed by atoms with Crippen molar-refractivity contribution in [2.45, 2.75) is 46.2 Å². The van der Waals surface area contributed by atoms with E-state index in [2.05, 4.69) is 6.92 Å². The molecule has 1 aromatic rings. The van der Waals surface area contributed by atoms with Crippen molar-refractivity contribution in [2.75, 3.05) is 26.2 Å². The summed E-state index contributed by atoms with van der Waals surface area (Å²) in [6.07, 6.45) is 2.24. The summed E-state index contributed by atoms with van der Waals surface area (Å²) < 4.78 is 0. The molecule has 2 fully saturated rings. The van der Waals surface area contributed by atoms with Gasteiger partial charge in [-0.2, -0.15) is 0 Å². The zero-order valence-electron chi connectivity index (χ0n) is 16.5. The first-order valence-electron chi connectivity index (χ1n) is 9.85. The standard InChI is InChI=1S/C21H29N3O3/c1-15(2)24-12-11-23(20(26)21(24)27)14-17-6-8-18(9-7-17)19(25)22-10-4-5-16(3)13-22/h6-9,15-16H,4-5,10-14H2,1-3H3. The number of carbonyl (C=O) groups is 3. The number of hydrogen-bond donors (Lipinski definition) is 0. The summed E-state index contributed by atoms with van der Waals surface area (Å²) in [5.41, 5.74) is 1.61. The highest BCUT2D eigenvalue weighted by Gasteiger charge is 2.33. The van der Waals surface area contributed by atoms with Crippen LogP contribution in [0.15, 0.2) is 24.3 Å². The molecule has 0 spiro atoms. The highest BCUT2D eigenvalue weighted by molar-refractivity contribution is 6.35. The molecule has 0 N–H and O–H groups in total. The van der Waals surface area contributed by atoms with Gasteiger partial charge in [0.2, 0.25) is 0 Å². The lowest BCUT2D eigenvalue weighted by molar-refractivity contribution is -0.157. The first-order chi connectivity index (χ1) is 12.9. The normalized spacial score (nSPS) is 21.2. The molecule has 1 aromatic carbocycles. The number of nitrogens with zero attached hydrogens (tertiary/aromatic N) is 3. The first kappa shape index (κ1) is 19.4. The molecule has 6 nitrogen and oxygen atoms in total. The molecular weight excluding hydrogens is 342 g/mol. The van der Waals surface area contributed by atoms with Gasteiger partial charge >= 0.3 is 11.8 Å². The largest absolute Gasteiger partial charge is 0.338 e. The number of carbonyl (C=O) groups excluding carboxylic acids is 3. The van der Waals surface area contributed by atoms with Gasteiger partial charge in [0.25, 0.3) is 5.91 Å². The Kier molecular flexibility index (Phi) is 5.82. The predicted molar refractivity (Wildman–Crippen MR) is 103 cm³/mol. The number of hydrogen-bond acceptors (Lipinski definition) is 3. The number of benzene rings is 1. The van der Waals surface area contributed by atoms with Gasteiger partial charge in [0, 0.05) is 44.3 Å². The Bertz CT molecular complexity index is 714. The summed E-state index contributed by atoms with van der Waals surface area (Å²) in [6, 6.07) is 7.45. The van der Waals surface area contributed by atoms with Crippen molar-refractivity contribution in [3.8, 4) is 0 Å². The van der Waals surface area contributed by atoms with Crippen LogP contribution in [0.4, 0.5) is 0 Å². The third kappa shape index (κ3) is 4.31. The molecule has 2 saturated heterocycles.